The Labute approximate surface area is 159 Å². The first-order chi connectivity index (χ1) is 12.2. The maximum Gasteiger partial charge on any atom is 0.230 e. The van der Waals surface area contributed by atoms with Gasteiger partial charge in [0, 0.05) is 9.86 Å². The summed E-state index contributed by atoms with van der Waals surface area (Å²) in [7, 11) is 0. The minimum absolute atomic E-state index is 0.00228. The van der Waals surface area contributed by atoms with Crippen molar-refractivity contribution in [3.63, 3.8) is 0 Å². The maximum atomic E-state index is 12.4. The van der Waals surface area contributed by atoms with Crippen molar-refractivity contribution in [3.05, 3.63) is 64.9 Å². The summed E-state index contributed by atoms with van der Waals surface area (Å²) >= 11 is 4.87. The Morgan fingerprint density at radius 1 is 1.16 bits per heavy atom. The Bertz CT molecular complexity index is 865. The second kappa shape index (κ2) is 8.45. The number of nitrogens with zero attached hydrogens (tertiary/aromatic N) is 2. The zero-order chi connectivity index (χ0) is 17.6. The minimum Gasteiger partial charge on any atom is -0.349 e. The normalized spacial score (nSPS) is 12.1. The van der Waals surface area contributed by atoms with Crippen molar-refractivity contribution in [2.75, 3.05) is 5.75 Å². The molecule has 3 rings (SSSR count). The quantitative estimate of drug-likeness (QED) is 0.465. The summed E-state index contributed by atoms with van der Waals surface area (Å²) < 4.78 is 1.03. The summed E-state index contributed by atoms with van der Waals surface area (Å²) in [6.07, 6.45) is 2.38. The van der Waals surface area contributed by atoms with Crippen LogP contribution in [-0.2, 0) is 4.79 Å². The van der Waals surface area contributed by atoms with Crippen molar-refractivity contribution >= 4 is 44.5 Å². The van der Waals surface area contributed by atoms with E-state index in [2.05, 4.69) is 38.1 Å². The number of carbonyl (C=O) groups is 1. The Balaban J connectivity index is 1.64. The summed E-state index contributed by atoms with van der Waals surface area (Å²) in [6, 6.07) is 15.9. The lowest BCUT2D eigenvalue weighted by Gasteiger charge is -2.17. The van der Waals surface area contributed by atoms with Crippen molar-refractivity contribution in [3.8, 4) is 0 Å². The van der Waals surface area contributed by atoms with Crippen LogP contribution >= 0.6 is 27.7 Å². The Morgan fingerprint density at radius 2 is 1.92 bits per heavy atom. The Hall–Kier alpha value is -1.92. The van der Waals surface area contributed by atoms with Gasteiger partial charge < -0.3 is 5.32 Å². The van der Waals surface area contributed by atoms with Crippen molar-refractivity contribution in [1.29, 1.82) is 0 Å². The van der Waals surface area contributed by atoms with Crippen LogP contribution in [0.1, 0.15) is 24.9 Å². The van der Waals surface area contributed by atoms with Crippen molar-refractivity contribution < 1.29 is 4.79 Å². The molecule has 1 heterocycles. The van der Waals surface area contributed by atoms with Gasteiger partial charge in [0.1, 0.15) is 11.4 Å². The molecule has 0 aliphatic carbocycles. The fourth-order valence-electron chi connectivity index (χ4n) is 2.58. The van der Waals surface area contributed by atoms with Crippen LogP contribution in [0.5, 0.6) is 0 Å². The van der Waals surface area contributed by atoms with Gasteiger partial charge in [0.2, 0.25) is 5.91 Å². The molecule has 128 valence electrons. The molecule has 0 spiro atoms. The van der Waals surface area contributed by atoms with E-state index in [0.29, 0.717) is 5.75 Å². The van der Waals surface area contributed by atoms with Gasteiger partial charge in [-0.2, -0.15) is 0 Å². The first kappa shape index (κ1) is 17.9. The molecule has 1 N–H and O–H groups in total. The Kier molecular flexibility index (Phi) is 6.04. The molecule has 0 aliphatic heterocycles. The number of nitrogens with one attached hydrogen (secondary N) is 1. The van der Waals surface area contributed by atoms with E-state index in [4.69, 9.17) is 0 Å². The van der Waals surface area contributed by atoms with Gasteiger partial charge >= 0.3 is 0 Å². The lowest BCUT2D eigenvalue weighted by molar-refractivity contribution is -0.119. The summed E-state index contributed by atoms with van der Waals surface area (Å²) in [6.45, 7) is 2.07. The molecule has 1 atom stereocenters. The SMILES string of the molecule is CC[C@@H](NC(=O)CSc1ncnc2ccccc12)c1ccc(Br)cc1. The molecule has 0 saturated heterocycles. The molecule has 0 aliphatic rings. The van der Waals surface area contributed by atoms with Crippen LogP contribution in [-0.4, -0.2) is 21.6 Å². The highest BCUT2D eigenvalue weighted by atomic mass is 79.9. The van der Waals surface area contributed by atoms with E-state index in [-0.39, 0.29) is 11.9 Å². The number of aromatic nitrogens is 2. The molecule has 4 nitrogen and oxygen atoms in total. The maximum absolute atomic E-state index is 12.4. The predicted molar refractivity (Wildman–Crippen MR) is 106 cm³/mol. The Morgan fingerprint density at radius 3 is 2.68 bits per heavy atom. The highest BCUT2D eigenvalue weighted by Gasteiger charge is 2.14. The topological polar surface area (TPSA) is 54.9 Å². The molecule has 1 amide bonds. The van der Waals surface area contributed by atoms with Crippen LogP contribution in [0.3, 0.4) is 0 Å². The summed E-state index contributed by atoms with van der Waals surface area (Å²) in [5, 5.41) is 4.91. The second-order valence-electron chi connectivity index (χ2n) is 5.56. The number of hydrogen-bond acceptors (Lipinski definition) is 4. The van der Waals surface area contributed by atoms with Crippen LogP contribution in [0.4, 0.5) is 0 Å². The number of halogens is 1. The average molecular weight is 416 g/mol. The fraction of sp³-hybridized carbons (Fsp3) is 0.211. The molecule has 2 aromatic carbocycles. The number of amides is 1. The van der Waals surface area contributed by atoms with E-state index >= 15 is 0 Å². The van der Waals surface area contributed by atoms with Crippen molar-refractivity contribution in [2.24, 2.45) is 0 Å². The summed E-state index contributed by atoms with van der Waals surface area (Å²) in [5.74, 6) is 0.330. The third kappa shape index (κ3) is 4.58. The number of carbonyl (C=O) groups excluding carboxylic acids is 1. The summed E-state index contributed by atoms with van der Waals surface area (Å²) in [5.41, 5.74) is 2.00. The standard InChI is InChI=1S/C19H18BrN3OS/c1-2-16(13-7-9-14(20)10-8-13)23-18(24)11-25-19-15-5-3-4-6-17(15)21-12-22-19/h3-10,12,16H,2,11H2,1H3,(H,23,24)/t16-/m1/s1. The molecule has 0 bridgehead atoms. The molecular weight excluding hydrogens is 398 g/mol. The van der Waals surface area contributed by atoms with Crippen molar-refractivity contribution in [2.45, 2.75) is 24.4 Å². The molecule has 3 aromatic rings. The molecule has 0 fully saturated rings. The van der Waals surface area contributed by atoms with E-state index < -0.39 is 0 Å². The largest absolute Gasteiger partial charge is 0.349 e. The fourth-order valence-corrected chi connectivity index (χ4v) is 3.65. The monoisotopic (exact) mass is 415 g/mol. The number of rotatable bonds is 6. The zero-order valence-corrected chi connectivity index (χ0v) is 16.2. The number of hydrogen-bond donors (Lipinski definition) is 1. The van der Waals surface area contributed by atoms with Gasteiger partial charge in [-0.1, -0.05) is 64.9 Å². The predicted octanol–water partition coefficient (Wildman–Crippen LogP) is 4.75. The number of benzene rings is 2. The molecule has 0 saturated carbocycles. The lowest BCUT2D eigenvalue weighted by Crippen LogP contribution is -2.29. The van der Waals surface area contributed by atoms with Gasteiger partial charge in [0.15, 0.2) is 0 Å². The van der Waals surface area contributed by atoms with E-state index in [0.717, 1.165) is 32.4 Å². The van der Waals surface area contributed by atoms with Crippen LogP contribution < -0.4 is 5.32 Å². The van der Waals surface area contributed by atoms with Crippen LogP contribution in [0, 0.1) is 0 Å². The van der Waals surface area contributed by atoms with E-state index in [1.54, 1.807) is 6.33 Å². The average Bonchev–Trinajstić information content (AvgIpc) is 2.65. The van der Waals surface area contributed by atoms with Gasteiger partial charge in [-0.3, -0.25) is 4.79 Å². The number of fused-ring (bicyclic) bond motifs is 1. The summed E-state index contributed by atoms with van der Waals surface area (Å²) in [4.78, 5) is 20.9. The smallest absolute Gasteiger partial charge is 0.230 e. The molecular formula is C19H18BrN3OS. The highest BCUT2D eigenvalue weighted by Crippen LogP contribution is 2.24. The zero-order valence-electron chi connectivity index (χ0n) is 13.8. The van der Waals surface area contributed by atoms with Gasteiger partial charge in [0.25, 0.3) is 0 Å². The van der Waals surface area contributed by atoms with Gasteiger partial charge in [-0.25, -0.2) is 9.97 Å². The van der Waals surface area contributed by atoms with E-state index in [1.807, 2.05) is 48.5 Å². The van der Waals surface area contributed by atoms with Crippen LogP contribution in [0.2, 0.25) is 0 Å². The molecule has 0 unspecified atom stereocenters. The number of para-hydroxylation sites is 1. The third-order valence-corrected chi connectivity index (χ3v) is 5.40. The number of thioether (sulfide) groups is 1. The molecule has 6 heteroatoms. The molecule has 1 aromatic heterocycles. The first-order valence-corrected chi connectivity index (χ1v) is 9.82. The highest BCUT2D eigenvalue weighted by molar-refractivity contribution is 9.10. The van der Waals surface area contributed by atoms with Crippen molar-refractivity contribution in [1.82, 2.24) is 15.3 Å². The molecule has 0 radical (unpaired) electrons. The van der Waals surface area contributed by atoms with Gasteiger partial charge in [-0.15, -0.1) is 0 Å². The van der Waals surface area contributed by atoms with Crippen LogP contribution in [0.15, 0.2) is 64.4 Å². The molecule has 25 heavy (non-hydrogen) atoms. The minimum atomic E-state index is 0.00228. The van der Waals surface area contributed by atoms with Crippen LogP contribution in [0.25, 0.3) is 10.9 Å². The first-order valence-electron chi connectivity index (χ1n) is 8.04. The van der Waals surface area contributed by atoms with E-state index in [9.17, 15) is 4.79 Å². The van der Waals surface area contributed by atoms with E-state index in [1.165, 1.54) is 11.8 Å². The lowest BCUT2D eigenvalue weighted by atomic mass is 10.0. The van der Waals surface area contributed by atoms with Gasteiger partial charge in [0.05, 0.1) is 17.3 Å². The third-order valence-electron chi connectivity index (χ3n) is 3.86. The van der Waals surface area contributed by atoms with Gasteiger partial charge in [-0.05, 0) is 30.2 Å². The second-order valence-corrected chi connectivity index (χ2v) is 7.44.